The second kappa shape index (κ2) is 8.26. The lowest BCUT2D eigenvalue weighted by Gasteiger charge is -2.29. The maximum absolute atomic E-state index is 12.5. The molecule has 0 unspecified atom stereocenters. The number of sulfonamides is 1. The maximum atomic E-state index is 12.5. The number of amides is 1. The van der Waals surface area contributed by atoms with E-state index in [1.807, 2.05) is 6.07 Å². The van der Waals surface area contributed by atoms with Crippen LogP contribution < -0.4 is 5.32 Å². The van der Waals surface area contributed by atoms with Crippen molar-refractivity contribution in [1.29, 1.82) is 5.26 Å². The van der Waals surface area contributed by atoms with Crippen molar-refractivity contribution in [2.24, 2.45) is 0 Å². The molecule has 1 aromatic rings. The van der Waals surface area contributed by atoms with E-state index >= 15 is 0 Å². The third-order valence-corrected chi connectivity index (χ3v) is 5.30. The van der Waals surface area contributed by atoms with E-state index in [1.54, 1.807) is 4.90 Å². The molecule has 1 aromatic carbocycles. The molecule has 126 valence electrons. The summed E-state index contributed by atoms with van der Waals surface area (Å²) >= 11 is 0. The summed E-state index contributed by atoms with van der Waals surface area (Å²) in [5.41, 5.74) is 0.267. The van der Waals surface area contributed by atoms with E-state index in [2.05, 4.69) is 5.32 Å². The van der Waals surface area contributed by atoms with E-state index < -0.39 is 10.0 Å². The van der Waals surface area contributed by atoms with Crippen LogP contribution in [-0.2, 0) is 14.8 Å². The molecule has 1 fully saturated rings. The number of nitrogens with one attached hydrogen (secondary N) is 1. The molecule has 7 nitrogen and oxygen atoms in total. The second-order valence-electron chi connectivity index (χ2n) is 5.03. The number of hydrogen-bond donors (Lipinski definition) is 1. The molecule has 0 aliphatic carbocycles. The molecule has 1 heterocycles. The van der Waals surface area contributed by atoms with Crippen LogP contribution in [0, 0.1) is 11.3 Å². The molecule has 0 saturated carbocycles. The molecular weight excluding hydrogens is 340 g/mol. The summed E-state index contributed by atoms with van der Waals surface area (Å²) in [6, 6.07) is 7.68. The molecule has 0 aromatic heterocycles. The Morgan fingerprint density at radius 3 is 2.65 bits per heavy atom. The molecule has 2 rings (SSSR count). The van der Waals surface area contributed by atoms with Gasteiger partial charge in [-0.3, -0.25) is 4.79 Å². The Hall–Kier alpha value is -1.66. The molecule has 0 atom stereocenters. The minimum absolute atomic E-state index is 0. The lowest BCUT2D eigenvalue weighted by molar-refractivity contribution is -0.131. The second-order valence-corrected chi connectivity index (χ2v) is 7.08. The van der Waals surface area contributed by atoms with Gasteiger partial charge in [-0.25, -0.2) is 8.42 Å². The zero-order valence-electron chi connectivity index (χ0n) is 12.7. The SMILES string of the molecule is CN(CC(=O)N1CCNCC1)S(=O)(=O)c1cccc(C#N)c1.Cl. The average Bonchev–Trinajstić information content (AvgIpc) is 2.55. The van der Waals surface area contributed by atoms with Crippen LogP contribution in [-0.4, -0.2) is 63.3 Å². The number of piperazine rings is 1. The first-order valence-corrected chi connectivity index (χ1v) is 8.34. The van der Waals surface area contributed by atoms with Gasteiger partial charge in [0.1, 0.15) is 0 Å². The highest BCUT2D eigenvalue weighted by Crippen LogP contribution is 2.15. The first kappa shape index (κ1) is 19.4. The quantitative estimate of drug-likeness (QED) is 0.819. The minimum atomic E-state index is -3.79. The van der Waals surface area contributed by atoms with Crippen LogP contribution in [0.25, 0.3) is 0 Å². The van der Waals surface area contributed by atoms with E-state index in [9.17, 15) is 13.2 Å². The fourth-order valence-electron chi connectivity index (χ4n) is 2.20. The number of carbonyl (C=O) groups excluding carboxylic acids is 1. The first-order chi connectivity index (χ1) is 10.4. The molecule has 1 amide bonds. The zero-order valence-corrected chi connectivity index (χ0v) is 14.4. The van der Waals surface area contributed by atoms with Crippen molar-refractivity contribution in [3.8, 4) is 6.07 Å². The molecule has 0 radical (unpaired) electrons. The number of nitrogens with zero attached hydrogens (tertiary/aromatic N) is 3. The van der Waals surface area contributed by atoms with Crippen LogP contribution in [0.15, 0.2) is 29.2 Å². The standard InChI is InChI=1S/C14H18N4O3S.ClH/c1-17(11-14(19)18-7-5-16-6-8-18)22(20,21)13-4-2-3-12(9-13)10-15;/h2-4,9,16H,5-8,11H2,1H3;1H. The van der Waals surface area contributed by atoms with E-state index in [0.717, 1.165) is 4.31 Å². The Bertz CT molecular complexity index is 696. The molecule has 0 spiro atoms. The van der Waals surface area contributed by atoms with Gasteiger partial charge in [-0.15, -0.1) is 12.4 Å². The van der Waals surface area contributed by atoms with Crippen LogP contribution in [0.5, 0.6) is 0 Å². The Balaban J connectivity index is 0.00000264. The molecular formula is C14H19ClN4O3S. The lowest BCUT2D eigenvalue weighted by Crippen LogP contribution is -2.49. The summed E-state index contributed by atoms with van der Waals surface area (Å²) in [5.74, 6) is -0.219. The van der Waals surface area contributed by atoms with Gasteiger partial charge in [0.15, 0.2) is 0 Å². The van der Waals surface area contributed by atoms with Crippen LogP contribution in [0.1, 0.15) is 5.56 Å². The van der Waals surface area contributed by atoms with Gasteiger partial charge in [0.2, 0.25) is 15.9 Å². The predicted octanol–water partition coefficient (Wildman–Crippen LogP) is 0.0324. The van der Waals surface area contributed by atoms with E-state index in [1.165, 1.54) is 31.3 Å². The van der Waals surface area contributed by atoms with Crippen molar-refractivity contribution < 1.29 is 13.2 Å². The predicted molar refractivity (Wildman–Crippen MR) is 87.7 cm³/mol. The monoisotopic (exact) mass is 358 g/mol. The summed E-state index contributed by atoms with van der Waals surface area (Å²) in [6.07, 6.45) is 0. The van der Waals surface area contributed by atoms with E-state index in [4.69, 9.17) is 5.26 Å². The fraction of sp³-hybridized carbons (Fsp3) is 0.429. The number of benzene rings is 1. The largest absolute Gasteiger partial charge is 0.339 e. The number of carbonyl (C=O) groups is 1. The van der Waals surface area contributed by atoms with Gasteiger partial charge in [0, 0.05) is 33.2 Å². The van der Waals surface area contributed by atoms with Crippen LogP contribution >= 0.6 is 12.4 Å². The highest BCUT2D eigenvalue weighted by Gasteiger charge is 2.26. The molecule has 0 bridgehead atoms. The molecule has 9 heteroatoms. The minimum Gasteiger partial charge on any atom is -0.339 e. The van der Waals surface area contributed by atoms with Gasteiger partial charge in [-0.05, 0) is 18.2 Å². The molecule has 23 heavy (non-hydrogen) atoms. The van der Waals surface area contributed by atoms with Gasteiger partial charge < -0.3 is 10.2 Å². The van der Waals surface area contributed by atoms with Crippen LogP contribution in [0.3, 0.4) is 0 Å². The number of rotatable bonds is 4. The summed E-state index contributed by atoms with van der Waals surface area (Å²) in [7, 11) is -2.42. The fourth-order valence-corrected chi connectivity index (χ4v) is 3.36. The third-order valence-electron chi connectivity index (χ3n) is 3.50. The van der Waals surface area contributed by atoms with Crippen LogP contribution in [0.4, 0.5) is 0 Å². The van der Waals surface area contributed by atoms with Crippen molar-refractivity contribution in [3.05, 3.63) is 29.8 Å². The molecule has 1 N–H and O–H groups in total. The van der Waals surface area contributed by atoms with Crippen molar-refractivity contribution in [1.82, 2.24) is 14.5 Å². The highest BCUT2D eigenvalue weighted by molar-refractivity contribution is 7.89. The van der Waals surface area contributed by atoms with Gasteiger partial charge in [-0.1, -0.05) is 6.07 Å². The van der Waals surface area contributed by atoms with Gasteiger partial charge in [0.05, 0.1) is 23.1 Å². The number of likely N-dealkylation sites (N-methyl/N-ethyl adjacent to an activating group) is 1. The van der Waals surface area contributed by atoms with Crippen molar-refractivity contribution in [2.45, 2.75) is 4.90 Å². The normalized spacial score (nSPS) is 14.9. The third kappa shape index (κ3) is 4.65. The summed E-state index contributed by atoms with van der Waals surface area (Å²) in [4.78, 5) is 13.8. The Morgan fingerprint density at radius 2 is 2.04 bits per heavy atom. The lowest BCUT2D eigenvalue weighted by atomic mass is 10.2. The summed E-state index contributed by atoms with van der Waals surface area (Å²) < 4.78 is 25.9. The number of nitriles is 1. The zero-order chi connectivity index (χ0) is 16.2. The highest BCUT2D eigenvalue weighted by atomic mass is 35.5. The molecule has 1 aliphatic heterocycles. The van der Waals surface area contributed by atoms with E-state index in [0.29, 0.717) is 26.2 Å². The Morgan fingerprint density at radius 1 is 1.39 bits per heavy atom. The van der Waals surface area contributed by atoms with Crippen molar-refractivity contribution in [2.75, 3.05) is 39.8 Å². The summed E-state index contributed by atoms with van der Waals surface area (Å²) in [5, 5.41) is 12.0. The summed E-state index contributed by atoms with van der Waals surface area (Å²) in [6.45, 7) is 2.38. The number of halogens is 1. The van der Waals surface area contributed by atoms with Gasteiger partial charge in [-0.2, -0.15) is 9.57 Å². The van der Waals surface area contributed by atoms with Crippen molar-refractivity contribution >= 4 is 28.3 Å². The van der Waals surface area contributed by atoms with Gasteiger partial charge >= 0.3 is 0 Å². The Kier molecular flexibility index (Phi) is 6.97. The molecule has 1 saturated heterocycles. The Labute approximate surface area is 142 Å². The maximum Gasteiger partial charge on any atom is 0.243 e. The first-order valence-electron chi connectivity index (χ1n) is 6.90. The smallest absolute Gasteiger partial charge is 0.243 e. The molecule has 1 aliphatic rings. The van der Waals surface area contributed by atoms with Crippen molar-refractivity contribution in [3.63, 3.8) is 0 Å². The average molecular weight is 359 g/mol. The van der Waals surface area contributed by atoms with Crippen LogP contribution in [0.2, 0.25) is 0 Å². The van der Waals surface area contributed by atoms with E-state index in [-0.39, 0.29) is 35.3 Å². The topological polar surface area (TPSA) is 93.5 Å². The van der Waals surface area contributed by atoms with Gasteiger partial charge in [0.25, 0.3) is 0 Å². The number of hydrogen-bond acceptors (Lipinski definition) is 5.